The Labute approximate surface area is 142 Å². The number of nitrogens with zero attached hydrogens (tertiary/aromatic N) is 3. The number of hydrogen-bond acceptors (Lipinski definition) is 6. The van der Waals surface area contributed by atoms with Gasteiger partial charge in [0.1, 0.15) is 6.29 Å². The first-order valence-electron chi connectivity index (χ1n) is 7.51. The van der Waals surface area contributed by atoms with E-state index in [0.717, 1.165) is 41.4 Å². The minimum atomic E-state index is -0.448. The van der Waals surface area contributed by atoms with E-state index in [-0.39, 0.29) is 0 Å². The average Bonchev–Trinajstić information content (AvgIpc) is 2.53. The van der Waals surface area contributed by atoms with Crippen molar-refractivity contribution in [3.05, 3.63) is 35.4 Å². The Hall–Kier alpha value is -1.41. The molecule has 0 radical (unpaired) electrons. The predicted octanol–water partition coefficient (Wildman–Crippen LogP) is 0.712. The van der Waals surface area contributed by atoms with Gasteiger partial charge in [-0.15, -0.1) is 0 Å². The van der Waals surface area contributed by atoms with E-state index in [9.17, 15) is 4.79 Å². The molecule has 1 aromatic carbocycles. The fourth-order valence-corrected chi connectivity index (χ4v) is 2.86. The number of rotatable bonds is 8. The molecule has 128 valence electrons. The smallest absolute Gasteiger partial charge is 0.173 e. The molecule has 23 heavy (non-hydrogen) atoms. The van der Waals surface area contributed by atoms with Gasteiger partial charge < -0.3 is 15.4 Å². The largest absolute Gasteiger partial charge is 0.321 e. The topological polar surface area (TPSA) is 87.9 Å². The van der Waals surface area contributed by atoms with Gasteiger partial charge in [0.15, 0.2) is 5.17 Å². The molecule has 1 rings (SSSR count). The van der Waals surface area contributed by atoms with Crippen LogP contribution < -0.4 is 11.6 Å². The van der Waals surface area contributed by atoms with Crippen LogP contribution in [0.1, 0.15) is 11.1 Å². The number of benzene rings is 1. The highest BCUT2D eigenvalue weighted by Crippen LogP contribution is 2.17. The van der Waals surface area contributed by atoms with Crippen LogP contribution in [0, 0.1) is 0 Å². The van der Waals surface area contributed by atoms with Gasteiger partial charge in [-0.3, -0.25) is 10.0 Å². The summed E-state index contributed by atoms with van der Waals surface area (Å²) < 4.78 is 0. The molecule has 0 aliphatic carbocycles. The molecule has 0 aromatic heterocycles. The molecule has 0 saturated heterocycles. The Balaban J connectivity index is 2.58. The monoisotopic (exact) mass is 337 g/mol. The Kier molecular flexibility index (Phi) is 8.86. The van der Waals surface area contributed by atoms with Crippen molar-refractivity contribution >= 4 is 23.2 Å². The maximum Gasteiger partial charge on any atom is 0.173 e. The minimum Gasteiger partial charge on any atom is -0.321 e. The molecule has 1 unspecified atom stereocenters. The van der Waals surface area contributed by atoms with E-state index in [2.05, 4.69) is 22.0 Å². The van der Waals surface area contributed by atoms with Crippen molar-refractivity contribution in [3.63, 3.8) is 0 Å². The molecule has 0 aliphatic rings. The van der Waals surface area contributed by atoms with Crippen LogP contribution in [0.5, 0.6) is 0 Å². The fourth-order valence-electron chi connectivity index (χ4n) is 1.99. The summed E-state index contributed by atoms with van der Waals surface area (Å²) in [5.41, 5.74) is 7.90. The molecule has 1 aromatic rings. The third kappa shape index (κ3) is 7.60. The lowest BCUT2D eigenvalue weighted by molar-refractivity contribution is -0.108. The van der Waals surface area contributed by atoms with Crippen LogP contribution in [0.2, 0.25) is 0 Å². The molecule has 0 heterocycles. The molecular formula is C16H27N5OS. The lowest BCUT2D eigenvalue weighted by atomic mass is 10.1. The minimum absolute atomic E-state index is 0.448. The lowest BCUT2D eigenvalue weighted by Crippen LogP contribution is -2.40. The SMILES string of the molecule is CN=C(SCc1cccc(CC(N)C=O)c1)N(N)CCN(C)C. The van der Waals surface area contributed by atoms with Crippen LogP contribution in [-0.2, 0) is 17.0 Å². The number of hydrazine groups is 1. The van der Waals surface area contributed by atoms with E-state index in [1.54, 1.807) is 23.8 Å². The highest BCUT2D eigenvalue weighted by atomic mass is 32.2. The second-order valence-electron chi connectivity index (χ2n) is 5.62. The first-order valence-corrected chi connectivity index (χ1v) is 8.50. The van der Waals surface area contributed by atoms with Crippen molar-refractivity contribution in [3.8, 4) is 0 Å². The number of nitrogens with two attached hydrogens (primary N) is 2. The Morgan fingerprint density at radius 3 is 2.65 bits per heavy atom. The van der Waals surface area contributed by atoms with Crippen molar-refractivity contribution in [1.29, 1.82) is 0 Å². The zero-order chi connectivity index (χ0) is 17.2. The van der Waals surface area contributed by atoms with E-state index in [1.165, 1.54) is 0 Å². The fraction of sp³-hybridized carbons (Fsp3) is 0.500. The number of amidine groups is 1. The van der Waals surface area contributed by atoms with Gasteiger partial charge in [-0.2, -0.15) is 0 Å². The van der Waals surface area contributed by atoms with Gasteiger partial charge in [0, 0.05) is 25.9 Å². The third-order valence-corrected chi connectivity index (χ3v) is 4.38. The number of carbonyl (C=O) groups is 1. The average molecular weight is 337 g/mol. The standard InChI is InChI=1S/C16H27N5OS/c1-19-16(21(18)8-7-20(2)3)23-12-14-6-4-5-13(9-14)10-15(17)11-22/h4-6,9,11,15H,7-8,10,12,17-18H2,1-3H3. The summed E-state index contributed by atoms with van der Waals surface area (Å²) in [5, 5.41) is 2.48. The van der Waals surface area contributed by atoms with Crippen LogP contribution in [0.3, 0.4) is 0 Å². The zero-order valence-electron chi connectivity index (χ0n) is 14.1. The highest BCUT2D eigenvalue weighted by Gasteiger charge is 2.09. The summed E-state index contributed by atoms with van der Waals surface area (Å²) in [5.74, 6) is 6.82. The molecule has 0 saturated carbocycles. The van der Waals surface area contributed by atoms with E-state index in [0.29, 0.717) is 6.42 Å². The highest BCUT2D eigenvalue weighted by molar-refractivity contribution is 8.13. The van der Waals surface area contributed by atoms with Gasteiger partial charge in [0.2, 0.25) is 0 Å². The van der Waals surface area contributed by atoms with Crippen molar-refractivity contribution in [2.24, 2.45) is 16.6 Å². The van der Waals surface area contributed by atoms with E-state index < -0.39 is 6.04 Å². The number of hydrogen-bond donors (Lipinski definition) is 2. The number of aliphatic imine (C=N–C) groups is 1. The zero-order valence-corrected chi connectivity index (χ0v) is 14.9. The summed E-state index contributed by atoms with van der Waals surface area (Å²) >= 11 is 1.60. The second-order valence-corrected chi connectivity index (χ2v) is 6.56. The number of carbonyl (C=O) groups excluding carboxylic acids is 1. The van der Waals surface area contributed by atoms with Crippen LogP contribution in [-0.4, -0.2) is 61.6 Å². The van der Waals surface area contributed by atoms with Gasteiger partial charge in [0.05, 0.1) is 6.04 Å². The van der Waals surface area contributed by atoms with Gasteiger partial charge in [-0.1, -0.05) is 36.0 Å². The van der Waals surface area contributed by atoms with Gasteiger partial charge in [-0.25, -0.2) is 5.84 Å². The molecule has 0 spiro atoms. The van der Waals surface area contributed by atoms with E-state index in [4.69, 9.17) is 11.6 Å². The molecule has 0 fully saturated rings. The lowest BCUT2D eigenvalue weighted by Gasteiger charge is -2.21. The van der Waals surface area contributed by atoms with Crippen molar-refractivity contribution < 1.29 is 4.79 Å². The molecule has 0 bridgehead atoms. The molecular weight excluding hydrogens is 310 g/mol. The molecule has 6 nitrogen and oxygen atoms in total. The molecule has 0 aliphatic heterocycles. The van der Waals surface area contributed by atoms with Crippen molar-refractivity contribution in [2.45, 2.75) is 18.2 Å². The normalized spacial score (nSPS) is 13.2. The summed E-state index contributed by atoms with van der Waals surface area (Å²) in [6.45, 7) is 1.59. The van der Waals surface area contributed by atoms with Crippen LogP contribution in [0.25, 0.3) is 0 Å². The maximum atomic E-state index is 10.7. The van der Waals surface area contributed by atoms with Crippen LogP contribution in [0.4, 0.5) is 0 Å². The van der Waals surface area contributed by atoms with Crippen molar-refractivity contribution in [2.75, 3.05) is 34.2 Å². The second kappa shape index (κ2) is 10.4. The van der Waals surface area contributed by atoms with Crippen LogP contribution in [0.15, 0.2) is 29.3 Å². The summed E-state index contributed by atoms with van der Waals surface area (Å²) in [6.07, 6.45) is 1.34. The van der Waals surface area contributed by atoms with Crippen LogP contribution >= 0.6 is 11.8 Å². The first kappa shape index (κ1) is 19.6. The Bertz CT molecular complexity index is 521. The van der Waals surface area contributed by atoms with Gasteiger partial charge >= 0.3 is 0 Å². The first-order chi connectivity index (χ1) is 11.0. The molecule has 7 heteroatoms. The van der Waals surface area contributed by atoms with E-state index >= 15 is 0 Å². The Morgan fingerprint density at radius 1 is 1.35 bits per heavy atom. The summed E-state index contributed by atoms with van der Waals surface area (Å²) in [7, 11) is 5.77. The number of thioether (sulfide) groups is 1. The van der Waals surface area contributed by atoms with Gasteiger partial charge in [-0.05, 0) is 31.6 Å². The summed E-state index contributed by atoms with van der Waals surface area (Å²) in [6, 6.07) is 7.65. The third-order valence-electron chi connectivity index (χ3n) is 3.23. The predicted molar refractivity (Wildman–Crippen MR) is 98.3 cm³/mol. The molecule has 4 N–H and O–H groups in total. The quantitative estimate of drug-likeness (QED) is 0.239. The maximum absolute atomic E-state index is 10.7. The van der Waals surface area contributed by atoms with Gasteiger partial charge in [0.25, 0.3) is 0 Å². The summed E-state index contributed by atoms with van der Waals surface area (Å²) in [4.78, 5) is 17.0. The number of aldehydes is 1. The van der Waals surface area contributed by atoms with Crippen molar-refractivity contribution in [1.82, 2.24) is 9.91 Å². The Morgan fingerprint density at radius 2 is 2.04 bits per heavy atom. The number of likely N-dealkylation sites (N-methyl/N-ethyl adjacent to an activating group) is 1. The molecule has 1 atom stereocenters. The molecule has 0 amide bonds. The van der Waals surface area contributed by atoms with E-state index in [1.807, 2.05) is 26.2 Å².